The lowest BCUT2D eigenvalue weighted by molar-refractivity contribution is 0.0685. The summed E-state index contributed by atoms with van der Waals surface area (Å²) in [5, 5.41) is 28.3. The van der Waals surface area contributed by atoms with Crippen molar-refractivity contribution in [2.24, 2.45) is 0 Å². The number of nitrogens with zero attached hydrogens (tertiary/aromatic N) is 1. The van der Waals surface area contributed by atoms with Crippen molar-refractivity contribution in [2.75, 3.05) is 6.61 Å². The first-order chi connectivity index (χ1) is 11.4. The number of aromatic hydroxyl groups is 1. The highest BCUT2D eigenvalue weighted by atomic mass is 19.1. The van der Waals surface area contributed by atoms with Crippen LogP contribution in [0.25, 0.3) is 0 Å². The Morgan fingerprint density at radius 1 is 1.25 bits per heavy atom. The lowest BCUT2D eigenvalue weighted by Crippen LogP contribution is -2.11. The van der Waals surface area contributed by atoms with Crippen LogP contribution in [-0.4, -0.2) is 32.9 Å². The maximum atomic E-state index is 12.8. The molecule has 7 heteroatoms. The normalized spacial score (nSPS) is 10.8. The second-order valence-electron chi connectivity index (χ2n) is 5.24. The first kappa shape index (κ1) is 17.8. The number of carboxylic acid groups (broad SMARTS) is 1. The second-order valence-corrected chi connectivity index (χ2v) is 5.24. The van der Waals surface area contributed by atoms with Gasteiger partial charge < -0.3 is 20.1 Å². The summed E-state index contributed by atoms with van der Waals surface area (Å²) in [6.45, 7) is 1.48. The minimum Gasteiger partial charge on any atom is -0.505 e. The summed E-state index contributed by atoms with van der Waals surface area (Å²) >= 11 is 0. The van der Waals surface area contributed by atoms with Gasteiger partial charge in [0.05, 0.1) is 19.8 Å². The molecular formula is C17H18FNO5. The monoisotopic (exact) mass is 335 g/mol. The molecule has 24 heavy (non-hydrogen) atoms. The van der Waals surface area contributed by atoms with Gasteiger partial charge >= 0.3 is 5.97 Å². The van der Waals surface area contributed by atoms with Crippen LogP contribution in [0.1, 0.15) is 32.9 Å². The Bertz CT molecular complexity index is 731. The summed E-state index contributed by atoms with van der Waals surface area (Å²) in [4.78, 5) is 14.9. The summed E-state index contributed by atoms with van der Waals surface area (Å²) in [7, 11) is 0. The van der Waals surface area contributed by atoms with E-state index in [1.807, 2.05) is 0 Å². The Morgan fingerprint density at radius 2 is 1.92 bits per heavy atom. The molecule has 6 nitrogen and oxygen atoms in total. The van der Waals surface area contributed by atoms with Crippen molar-refractivity contribution in [3.05, 3.63) is 58.2 Å². The van der Waals surface area contributed by atoms with E-state index in [-0.39, 0.29) is 18.0 Å². The Hall–Kier alpha value is -2.51. The molecule has 0 unspecified atom stereocenters. The zero-order chi connectivity index (χ0) is 17.7. The van der Waals surface area contributed by atoms with Crippen LogP contribution >= 0.6 is 0 Å². The van der Waals surface area contributed by atoms with Crippen LogP contribution in [0, 0.1) is 12.7 Å². The van der Waals surface area contributed by atoms with Crippen LogP contribution in [0.3, 0.4) is 0 Å². The van der Waals surface area contributed by atoms with E-state index in [1.165, 1.54) is 12.1 Å². The Balaban J connectivity index is 2.05. The number of ether oxygens (including phenoxy) is 1. The molecule has 0 saturated heterocycles. The fourth-order valence-electron chi connectivity index (χ4n) is 2.32. The molecule has 0 atom stereocenters. The van der Waals surface area contributed by atoms with Crippen molar-refractivity contribution in [3.63, 3.8) is 0 Å². The predicted molar refractivity (Wildman–Crippen MR) is 83.3 cm³/mol. The number of rotatable bonds is 7. The molecule has 0 spiro atoms. The van der Waals surface area contributed by atoms with Gasteiger partial charge in [-0.25, -0.2) is 14.2 Å². The molecule has 2 aromatic rings. The van der Waals surface area contributed by atoms with E-state index in [1.54, 1.807) is 19.1 Å². The maximum Gasteiger partial charge on any atom is 0.358 e. The van der Waals surface area contributed by atoms with E-state index in [4.69, 9.17) is 9.84 Å². The molecule has 0 radical (unpaired) electrons. The number of carbonyl (C=O) groups is 1. The van der Waals surface area contributed by atoms with Crippen molar-refractivity contribution < 1.29 is 29.2 Å². The average Bonchev–Trinajstić information content (AvgIpc) is 2.55. The van der Waals surface area contributed by atoms with Gasteiger partial charge in [-0.2, -0.15) is 0 Å². The number of carboxylic acids is 1. The number of benzene rings is 1. The topological polar surface area (TPSA) is 99.9 Å². The van der Waals surface area contributed by atoms with Crippen LogP contribution in [0.5, 0.6) is 5.75 Å². The Kier molecular flexibility index (Phi) is 5.83. The summed E-state index contributed by atoms with van der Waals surface area (Å²) in [5.74, 6) is -2.22. The van der Waals surface area contributed by atoms with E-state index < -0.39 is 24.0 Å². The molecule has 2 rings (SSSR count). The van der Waals surface area contributed by atoms with Gasteiger partial charge in [0.25, 0.3) is 0 Å². The van der Waals surface area contributed by atoms with Crippen molar-refractivity contribution in [2.45, 2.75) is 26.6 Å². The molecule has 0 fully saturated rings. The minimum absolute atomic E-state index is 0.0728. The first-order valence-corrected chi connectivity index (χ1v) is 7.31. The van der Waals surface area contributed by atoms with Gasteiger partial charge in [0, 0.05) is 16.8 Å². The SMILES string of the molecule is Cc1nc(C(=O)O)c(O)c(CO)c1COCCc1ccc(F)cc1. The highest BCUT2D eigenvalue weighted by molar-refractivity contribution is 5.89. The highest BCUT2D eigenvalue weighted by Crippen LogP contribution is 2.27. The average molecular weight is 335 g/mol. The number of hydrogen-bond acceptors (Lipinski definition) is 5. The molecule has 0 amide bonds. The zero-order valence-corrected chi connectivity index (χ0v) is 13.1. The number of aliphatic hydroxyl groups is 1. The summed E-state index contributed by atoms with van der Waals surface area (Å²) in [6, 6.07) is 6.07. The second kappa shape index (κ2) is 7.85. The minimum atomic E-state index is -1.37. The van der Waals surface area contributed by atoms with Crippen molar-refractivity contribution in [1.82, 2.24) is 4.98 Å². The standard InChI is InChI=1S/C17H18FNO5/c1-10-14(13(8-20)16(21)15(19-10)17(22)23)9-24-7-6-11-2-4-12(18)5-3-11/h2-5,20-21H,6-9H2,1H3,(H,22,23). The van der Waals surface area contributed by atoms with E-state index in [2.05, 4.69) is 4.98 Å². The van der Waals surface area contributed by atoms with Gasteiger partial charge in [0.2, 0.25) is 0 Å². The highest BCUT2D eigenvalue weighted by Gasteiger charge is 2.21. The summed E-state index contributed by atoms with van der Waals surface area (Å²) < 4.78 is 18.4. The molecule has 1 heterocycles. The van der Waals surface area contributed by atoms with Crippen molar-refractivity contribution in [1.29, 1.82) is 0 Å². The number of aliphatic hydroxyl groups excluding tert-OH is 1. The molecule has 0 aliphatic rings. The number of pyridine rings is 1. The molecule has 0 aliphatic carbocycles. The van der Waals surface area contributed by atoms with Gasteiger partial charge in [-0.05, 0) is 31.0 Å². The third-order valence-corrected chi connectivity index (χ3v) is 3.65. The fourth-order valence-corrected chi connectivity index (χ4v) is 2.32. The van der Waals surface area contributed by atoms with E-state index in [0.29, 0.717) is 24.3 Å². The smallest absolute Gasteiger partial charge is 0.358 e. The van der Waals surface area contributed by atoms with E-state index >= 15 is 0 Å². The summed E-state index contributed by atoms with van der Waals surface area (Å²) in [5.41, 5.74) is 1.35. The number of hydrogen-bond donors (Lipinski definition) is 3. The van der Waals surface area contributed by atoms with E-state index in [9.17, 15) is 19.4 Å². The van der Waals surface area contributed by atoms with Crippen LogP contribution < -0.4 is 0 Å². The Morgan fingerprint density at radius 3 is 2.50 bits per heavy atom. The fraction of sp³-hybridized carbons (Fsp3) is 0.294. The van der Waals surface area contributed by atoms with Gasteiger partial charge in [-0.15, -0.1) is 0 Å². The number of aromatic nitrogens is 1. The van der Waals surface area contributed by atoms with Gasteiger partial charge in [0.1, 0.15) is 5.82 Å². The van der Waals surface area contributed by atoms with E-state index in [0.717, 1.165) is 5.56 Å². The molecule has 1 aromatic carbocycles. The molecule has 0 aliphatic heterocycles. The number of aromatic carboxylic acids is 1. The summed E-state index contributed by atoms with van der Waals surface area (Å²) in [6.07, 6.45) is 0.570. The number of halogens is 1. The van der Waals surface area contributed by atoms with Crippen LogP contribution in [0.15, 0.2) is 24.3 Å². The molecule has 3 N–H and O–H groups in total. The Labute approximate surface area is 138 Å². The molecule has 0 bridgehead atoms. The first-order valence-electron chi connectivity index (χ1n) is 7.31. The third kappa shape index (κ3) is 4.06. The molecule has 0 saturated carbocycles. The zero-order valence-electron chi connectivity index (χ0n) is 13.1. The third-order valence-electron chi connectivity index (χ3n) is 3.65. The van der Waals surface area contributed by atoms with Crippen molar-refractivity contribution in [3.8, 4) is 5.75 Å². The van der Waals surface area contributed by atoms with Gasteiger partial charge in [-0.3, -0.25) is 0 Å². The van der Waals surface area contributed by atoms with Gasteiger partial charge in [-0.1, -0.05) is 12.1 Å². The predicted octanol–water partition coefficient (Wildman–Crippen LogP) is 2.18. The van der Waals surface area contributed by atoms with Crippen LogP contribution in [0.2, 0.25) is 0 Å². The molecule has 128 valence electrons. The number of aryl methyl sites for hydroxylation is 1. The van der Waals surface area contributed by atoms with Gasteiger partial charge in [0.15, 0.2) is 11.4 Å². The van der Waals surface area contributed by atoms with Crippen LogP contribution in [-0.2, 0) is 24.4 Å². The maximum absolute atomic E-state index is 12.8. The molecular weight excluding hydrogens is 317 g/mol. The lowest BCUT2D eigenvalue weighted by atomic mass is 10.0. The quantitative estimate of drug-likeness (QED) is 0.671. The molecule has 1 aromatic heterocycles. The van der Waals surface area contributed by atoms with Crippen LogP contribution in [0.4, 0.5) is 4.39 Å². The largest absolute Gasteiger partial charge is 0.505 e. The lowest BCUT2D eigenvalue weighted by Gasteiger charge is -2.14. The van der Waals surface area contributed by atoms with Crippen molar-refractivity contribution >= 4 is 5.97 Å².